The van der Waals surface area contributed by atoms with Gasteiger partial charge < -0.3 is 19.7 Å². The first kappa shape index (κ1) is 20.0. The smallest absolute Gasteiger partial charge is 0.337 e. The van der Waals surface area contributed by atoms with E-state index in [1.807, 2.05) is 24.3 Å². The van der Waals surface area contributed by atoms with Crippen LogP contribution in [0.5, 0.6) is 5.75 Å². The summed E-state index contributed by atoms with van der Waals surface area (Å²) >= 11 is 0. The van der Waals surface area contributed by atoms with Crippen molar-refractivity contribution in [1.82, 2.24) is 5.32 Å². The quantitative estimate of drug-likeness (QED) is 0.755. The lowest BCUT2D eigenvalue weighted by atomic mass is 10.2. The van der Waals surface area contributed by atoms with Crippen LogP contribution < -0.4 is 15.0 Å². The Balaban J connectivity index is 2.03. The summed E-state index contributed by atoms with van der Waals surface area (Å²) < 4.78 is 9.78. The summed E-state index contributed by atoms with van der Waals surface area (Å²) in [5, 5.41) is 2.77. The third-order valence-electron chi connectivity index (χ3n) is 3.91. The van der Waals surface area contributed by atoms with E-state index in [4.69, 9.17) is 4.74 Å². The number of benzene rings is 2. The summed E-state index contributed by atoms with van der Waals surface area (Å²) in [6.45, 7) is 1.54. The Morgan fingerprint density at radius 2 is 1.74 bits per heavy atom. The van der Waals surface area contributed by atoms with Gasteiger partial charge in [0.15, 0.2) is 0 Å². The second-order valence-corrected chi connectivity index (χ2v) is 5.77. The van der Waals surface area contributed by atoms with Crippen molar-refractivity contribution in [3.05, 3.63) is 59.7 Å². The molecule has 2 amide bonds. The summed E-state index contributed by atoms with van der Waals surface area (Å²) in [7, 11) is 2.87. The average molecular weight is 370 g/mol. The lowest BCUT2D eigenvalue weighted by Crippen LogP contribution is -2.39. The van der Waals surface area contributed by atoms with Crippen LogP contribution in [-0.2, 0) is 20.9 Å². The van der Waals surface area contributed by atoms with E-state index < -0.39 is 5.97 Å². The molecule has 7 heteroatoms. The normalized spacial score (nSPS) is 10.0. The van der Waals surface area contributed by atoms with Crippen molar-refractivity contribution < 1.29 is 23.9 Å². The first-order valence-corrected chi connectivity index (χ1v) is 8.30. The Hall–Kier alpha value is -3.35. The highest BCUT2D eigenvalue weighted by molar-refractivity contribution is 5.99. The molecule has 7 nitrogen and oxygen atoms in total. The highest BCUT2D eigenvalue weighted by Gasteiger charge is 2.17. The lowest BCUT2D eigenvalue weighted by molar-refractivity contribution is -0.123. The van der Waals surface area contributed by atoms with Gasteiger partial charge in [-0.05, 0) is 35.9 Å². The van der Waals surface area contributed by atoms with Crippen LogP contribution in [0.3, 0.4) is 0 Å². The predicted molar refractivity (Wildman–Crippen MR) is 101 cm³/mol. The molecule has 0 spiro atoms. The molecule has 2 aromatic carbocycles. The molecule has 0 aromatic heterocycles. The second kappa shape index (κ2) is 9.38. The van der Waals surface area contributed by atoms with Gasteiger partial charge in [-0.3, -0.25) is 9.59 Å². The molecule has 2 rings (SSSR count). The van der Waals surface area contributed by atoms with Gasteiger partial charge in [0.05, 0.1) is 19.8 Å². The molecule has 27 heavy (non-hydrogen) atoms. The van der Waals surface area contributed by atoms with Crippen molar-refractivity contribution in [1.29, 1.82) is 0 Å². The predicted octanol–water partition coefficient (Wildman–Crippen LogP) is 2.15. The molecule has 0 aliphatic heterocycles. The van der Waals surface area contributed by atoms with Gasteiger partial charge in [0.25, 0.3) is 0 Å². The molecular weight excluding hydrogens is 348 g/mol. The van der Waals surface area contributed by atoms with Gasteiger partial charge in [-0.15, -0.1) is 0 Å². The van der Waals surface area contributed by atoms with Crippen LogP contribution >= 0.6 is 0 Å². The average Bonchev–Trinajstić information content (AvgIpc) is 2.70. The zero-order chi connectivity index (χ0) is 19.8. The van der Waals surface area contributed by atoms with Gasteiger partial charge in [-0.1, -0.05) is 18.2 Å². The molecule has 0 saturated heterocycles. The van der Waals surface area contributed by atoms with Gasteiger partial charge in [0.1, 0.15) is 12.3 Å². The van der Waals surface area contributed by atoms with Gasteiger partial charge >= 0.3 is 5.97 Å². The van der Waals surface area contributed by atoms with Crippen LogP contribution in [0.2, 0.25) is 0 Å². The van der Waals surface area contributed by atoms with Crippen molar-refractivity contribution >= 4 is 23.5 Å². The molecule has 0 fully saturated rings. The van der Waals surface area contributed by atoms with Gasteiger partial charge in [0, 0.05) is 19.2 Å². The first-order chi connectivity index (χ1) is 12.9. The van der Waals surface area contributed by atoms with E-state index in [0.29, 0.717) is 17.8 Å². The van der Waals surface area contributed by atoms with Crippen molar-refractivity contribution in [2.75, 3.05) is 25.7 Å². The number of nitrogens with zero attached hydrogens (tertiary/aromatic N) is 1. The zero-order valence-corrected chi connectivity index (χ0v) is 15.5. The molecule has 2 aromatic rings. The fourth-order valence-corrected chi connectivity index (χ4v) is 2.45. The first-order valence-electron chi connectivity index (χ1n) is 8.30. The Labute approximate surface area is 157 Å². The molecule has 0 unspecified atom stereocenters. The van der Waals surface area contributed by atoms with Crippen LogP contribution in [0.15, 0.2) is 48.5 Å². The van der Waals surface area contributed by atoms with Crippen LogP contribution in [0.1, 0.15) is 22.8 Å². The van der Waals surface area contributed by atoms with E-state index in [0.717, 1.165) is 11.3 Å². The van der Waals surface area contributed by atoms with E-state index in [2.05, 4.69) is 10.1 Å². The maximum atomic E-state index is 12.3. The van der Waals surface area contributed by atoms with E-state index >= 15 is 0 Å². The second-order valence-electron chi connectivity index (χ2n) is 5.77. The van der Waals surface area contributed by atoms with Crippen LogP contribution in [0.25, 0.3) is 0 Å². The van der Waals surface area contributed by atoms with E-state index in [-0.39, 0.29) is 18.4 Å². The molecule has 0 saturated carbocycles. The van der Waals surface area contributed by atoms with Crippen molar-refractivity contribution in [2.24, 2.45) is 0 Å². The Kier molecular flexibility index (Phi) is 6.93. The molecule has 0 radical (unpaired) electrons. The third-order valence-corrected chi connectivity index (χ3v) is 3.91. The summed E-state index contributed by atoms with van der Waals surface area (Å²) in [6.07, 6.45) is 0. The van der Waals surface area contributed by atoms with Crippen molar-refractivity contribution in [3.63, 3.8) is 0 Å². The summed E-state index contributed by atoms with van der Waals surface area (Å²) in [4.78, 5) is 37.2. The summed E-state index contributed by atoms with van der Waals surface area (Å²) in [5.41, 5.74) is 1.66. The minimum atomic E-state index is -0.510. The highest BCUT2D eigenvalue weighted by Crippen LogP contribution is 2.17. The molecular formula is C20H22N2O5. The van der Waals surface area contributed by atoms with E-state index in [1.165, 1.54) is 25.0 Å². The molecule has 142 valence electrons. The number of hydrogen-bond donors (Lipinski definition) is 1. The highest BCUT2D eigenvalue weighted by atomic mass is 16.5. The van der Waals surface area contributed by atoms with Gasteiger partial charge in [-0.2, -0.15) is 0 Å². The number of nitrogens with one attached hydrogen (secondary N) is 1. The van der Waals surface area contributed by atoms with Crippen LogP contribution in [0, 0.1) is 0 Å². The maximum Gasteiger partial charge on any atom is 0.337 e. The number of ether oxygens (including phenoxy) is 2. The summed E-state index contributed by atoms with van der Waals surface area (Å²) in [5.74, 6) is -0.399. The monoisotopic (exact) mass is 370 g/mol. The fraction of sp³-hybridized carbons (Fsp3) is 0.250. The number of amides is 2. The van der Waals surface area contributed by atoms with Gasteiger partial charge in [-0.25, -0.2) is 4.79 Å². The Morgan fingerprint density at radius 3 is 2.33 bits per heavy atom. The molecule has 0 bridgehead atoms. The Bertz CT molecular complexity index is 817. The SMILES string of the molecule is COC(=O)c1cccc(N(CC(=O)NCc2ccc(OC)cc2)C(C)=O)c1. The zero-order valence-electron chi connectivity index (χ0n) is 15.5. The number of rotatable bonds is 7. The number of anilines is 1. The van der Waals surface area contributed by atoms with Gasteiger partial charge in [0.2, 0.25) is 11.8 Å². The molecule has 0 atom stereocenters. The van der Waals surface area contributed by atoms with Crippen molar-refractivity contribution in [2.45, 2.75) is 13.5 Å². The minimum absolute atomic E-state index is 0.157. The lowest BCUT2D eigenvalue weighted by Gasteiger charge is -2.21. The number of methoxy groups -OCH3 is 2. The molecule has 0 heterocycles. The van der Waals surface area contributed by atoms with Crippen LogP contribution in [-0.4, -0.2) is 38.5 Å². The maximum absolute atomic E-state index is 12.3. The number of carbonyl (C=O) groups excluding carboxylic acids is 3. The molecule has 0 aliphatic carbocycles. The molecule has 1 N–H and O–H groups in total. The number of hydrogen-bond acceptors (Lipinski definition) is 5. The number of carbonyl (C=O) groups is 3. The third kappa shape index (κ3) is 5.57. The van der Waals surface area contributed by atoms with Crippen LogP contribution in [0.4, 0.5) is 5.69 Å². The minimum Gasteiger partial charge on any atom is -0.497 e. The molecule has 0 aliphatic rings. The standard InChI is InChI=1S/C20H22N2O5/c1-14(23)22(17-6-4-5-16(11-17)20(25)27-3)13-19(24)21-12-15-7-9-18(26-2)10-8-15/h4-11H,12-13H2,1-3H3,(H,21,24). The van der Waals surface area contributed by atoms with E-state index in [9.17, 15) is 14.4 Å². The Morgan fingerprint density at radius 1 is 1.04 bits per heavy atom. The van der Waals surface area contributed by atoms with E-state index in [1.54, 1.807) is 25.3 Å². The number of esters is 1. The van der Waals surface area contributed by atoms with Crippen molar-refractivity contribution in [3.8, 4) is 5.75 Å². The topological polar surface area (TPSA) is 84.9 Å². The fourth-order valence-electron chi connectivity index (χ4n) is 2.45. The largest absolute Gasteiger partial charge is 0.497 e. The summed E-state index contributed by atoms with van der Waals surface area (Å²) in [6, 6.07) is 13.7.